The van der Waals surface area contributed by atoms with Crippen LogP contribution in [-0.2, 0) is 4.79 Å². The molecular formula is C20H29ClFN3O2. The van der Waals surface area contributed by atoms with Gasteiger partial charge in [0.1, 0.15) is 5.82 Å². The van der Waals surface area contributed by atoms with Crippen LogP contribution in [0.25, 0.3) is 0 Å². The highest BCUT2D eigenvalue weighted by atomic mass is 35.5. The predicted octanol–water partition coefficient (Wildman–Crippen LogP) is 3.30. The summed E-state index contributed by atoms with van der Waals surface area (Å²) in [5.41, 5.74) is -0.0812. The Morgan fingerprint density at radius 2 is 1.74 bits per heavy atom. The first kappa shape index (κ1) is 21.6. The highest BCUT2D eigenvalue weighted by molar-refractivity contribution is 5.98. The van der Waals surface area contributed by atoms with Crippen LogP contribution in [0, 0.1) is 23.1 Å². The molecule has 3 rings (SSSR count). The van der Waals surface area contributed by atoms with E-state index in [2.05, 4.69) is 10.6 Å². The van der Waals surface area contributed by atoms with Crippen LogP contribution in [-0.4, -0.2) is 42.9 Å². The third kappa shape index (κ3) is 4.99. The zero-order valence-corrected chi connectivity index (χ0v) is 17.0. The highest BCUT2D eigenvalue weighted by Crippen LogP contribution is 2.28. The molecule has 0 bridgehead atoms. The first-order valence-corrected chi connectivity index (χ1v) is 9.36. The minimum atomic E-state index is -0.560. The van der Waals surface area contributed by atoms with E-state index in [0.29, 0.717) is 30.6 Å². The van der Waals surface area contributed by atoms with Gasteiger partial charge < -0.3 is 15.5 Å². The van der Waals surface area contributed by atoms with Crippen LogP contribution < -0.4 is 10.6 Å². The molecule has 2 fully saturated rings. The molecule has 0 aromatic heterocycles. The second kappa shape index (κ2) is 8.57. The van der Waals surface area contributed by atoms with E-state index in [9.17, 15) is 14.0 Å². The highest BCUT2D eigenvalue weighted by Gasteiger charge is 2.32. The summed E-state index contributed by atoms with van der Waals surface area (Å²) in [7, 11) is 0. The summed E-state index contributed by atoms with van der Waals surface area (Å²) < 4.78 is 14.3. The number of likely N-dealkylation sites (tertiary alicyclic amines) is 1. The molecule has 2 aliphatic rings. The number of halogens is 2. The summed E-state index contributed by atoms with van der Waals surface area (Å²) in [6.07, 6.45) is 1.90. The molecule has 2 aliphatic heterocycles. The molecule has 0 spiro atoms. The van der Waals surface area contributed by atoms with E-state index in [-0.39, 0.29) is 29.8 Å². The average Bonchev–Trinajstić information content (AvgIpc) is 2.93. The predicted molar refractivity (Wildman–Crippen MR) is 107 cm³/mol. The summed E-state index contributed by atoms with van der Waals surface area (Å²) in [6, 6.07) is 4.20. The summed E-state index contributed by atoms with van der Waals surface area (Å²) >= 11 is 0. The van der Waals surface area contributed by atoms with E-state index in [4.69, 9.17) is 0 Å². The Bertz CT molecular complexity index is 691. The smallest absolute Gasteiger partial charge is 0.256 e. The standard InChI is InChI=1S/C20H28FN3O2.ClH/c1-20(2,3)19(26)23-15-4-5-17(21)16(10-15)18(25)24-8-6-13-11-22-12-14(13)7-9-24;/h4-5,10,13-14,22H,6-9,11-12H2,1-3H3,(H,23,26);1H/t13-,14+;. The fraction of sp³-hybridized carbons (Fsp3) is 0.600. The molecule has 2 N–H and O–H groups in total. The Balaban J connectivity index is 0.00000261. The molecule has 2 amide bonds. The van der Waals surface area contributed by atoms with Gasteiger partial charge in [-0.25, -0.2) is 4.39 Å². The lowest BCUT2D eigenvalue weighted by Gasteiger charge is -2.22. The van der Waals surface area contributed by atoms with Crippen LogP contribution in [0.2, 0.25) is 0 Å². The normalized spacial score (nSPS) is 22.4. The van der Waals surface area contributed by atoms with Gasteiger partial charge in [0, 0.05) is 24.2 Å². The Labute approximate surface area is 166 Å². The second-order valence-electron chi connectivity index (χ2n) is 8.45. The number of nitrogens with one attached hydrogen (secondary N) is 2. The van der Waals surface area contributed by atoms with Crippen LogP contribution in [0.15, 0.2) is 18.2 Å². The number of carbonyl (C=O) groups is 2. The molecular weight excluding hydrogens is 369 g/mol. The maximum Gasteiger partial charge on any atom is 0.256 e. The van der Waals surface area contributed by atoms with Crippen molar-refractivity contribution in [2.24, 2.45) is 17.3 Å². The molecule has 1 aromatic rings. The van der Waals surface area contributed by atoms with Gasteiger partial charge in [0.15, 0.2) is 0 Å². The second-order valence-corrected chi connectivity index (χ2v) is 8.45. The first-order valence-electron chi connectivity index (χ1n) is 9.36. The molecule has 0 saturated carbocycles. The van der Waals surface area contributed by atoms with Crippen LogP contribution in [0.3, 0.4) is 0 Å². The zero-order valence-electron chi connectivity index (χ0n) is 16.2. The Kier molecular flexibility index (Phi) is 6.87. The SMILES string of the molecule is CC(C)(C)C(=O)Nc1ccc(F)c(C(=O)N2CC[C@@H]3CNC[C@@H]3CC2)c1.Cl. The van der Waals surface area contributed by atoms with E-state index in [1.165, 1.54) is 18.2 Å². The number of amides is 2. The molecule has 27 heavy (non-hydrogen) atoms. The van der Waals surface area contributed by atoms with E-state index < -0.39 is 11.2 Å². The van der Waals surface area contributed by atoms with Gasteiger partial charge >= 0.3 is 0 Å². The maximum atomic E-state index is 14.3. The Morgan fingerprint density at radius 3 is 2.30 bits per heavy atom. The van der Waals surface area contributed by atoms with Gasteiger partial charge in [-0.15, -0.1) is 12.4 Å². The molecule has 0 aliphatic carbocycles. The van der Waals surface area contributed by atoms with Gasteiger partial charge in [0.25, 0.3) is 5.91 Å². The van der Waals surface area contributed by atoms with Crippen molar-refractivity contribution >= 4 is 29.9 Å². The quantitative estimate of drug-likeness (QED) is 0.804. The summed E-state index contributed by atoms with van der Waals surface area (Å²) in [5.74, 6) is 0.208. The molecule has 2 heterocycles. The lowest BCUT2D eigenvalue weighted by molar-refractivity contribution is -0.123. The van der Waals surface area contributed by atoms with Gasteiger partial charge in [-0.2, -0.15) is 0 Å². The minimum Gasteiger partial charge on any atom is -0.339 e. The number of rotatable bonds is 2. The van der Waals surface area contributed by atoms with Gasteiger partial charge in [0.05, 0.1) is 5.56 Å². The van der Waals surface area contributed by atoms with Crippen molar-refractivity contribution in [3.05, 3.63) is 29.6 Å². The minimum absolute atomic E-state index is 0. The summed E-state index contributed by atoms with van der Waals surface area (Å²) in [5, 5.41) is 6.18. The third-order valence-corrected chi connectivity index (χ3v) is 5.44. The van der Waals surface area contributed by atoms with Crippen molar-refractivity contribution in [1.82, 2.24) is 10.2 Å². The number of hydrogen-bond acceptors (Lipinski definition) is 3. The molecule has 0 unspecified atom stereocenters. The number of anilines is 1. The van der Waals surface area contributed by atoms with Crippen LogP contribution >= 0.6 is 12.4 Å². The lowest BCUT2D eigenvalue weighted by atomic mass is 9.92. The summed E-state index contributed by atoms with van der Waals surface area (Å²) in [6.45, 7) is 8.74. The molecule has 2 saturated heterocycles. The average molecular weight is 398 g/mol. The number of hydrogen-bond donors (Lipinski definition) is 2. The topological polar surface area (TPSA) is 61.4 Å². The van der Waals surface area contributed by atoms with Crippen LogP contribution in [0.1, 0.15) is 44.0 Å². The zero-order chi connectivity index (χ0) is 18.9. The molecule has 1 aromatic carbocycles. The van der Waals surface area contributed by atoms with Gasteiger partial charge in [-0.1, -0.05) is 20.8 Å². The summed E-state index contributed by atoms with van der Waals surface area (Å²) in [4.78, 5) is 26.8. The molecule has 2 atom stereocenters. The number of fused-ring (bicyclic) bond motifs is 1. The van der Waals surface area contributed by atoms with E-state index in [0.717, 1.165) is 25.9 Å². The van der Waals surface area contributed by atoms with Crippen molar-refractivity contribution in [3.8, 4) is 0 Å². The van der Waals surface area contributed by atoms with E-state index >= 15 is 0 Å². The Morgan fingerprint density at radius 1 is 1.15 bits per heavy atom. The molecule has 0 radical (unpaired) electrons. The largest absolute Gasteiger partial charge is 0.339 e. The monoisotopic (exact) mass is 397 g/mol. The van der Waals surface area contributed by atoms with E-state index in [1.807, 2.05) is 0 Å². The van der Waals surface area contributed by atoms with Crippen molar-refractivity contribution in [1.29, 1.82) is 0 Å². The number of benzene rings is 1. The number of carbonyl (C=O) groups excluding carboxylic acids is 2. The van der Waals surface area contributed by atoms with Crippen molar-refractivity contribution in [3.63, 3.8) is 0 Å². The van der Waals surface area contributed by atoms with Crippen molar-refractivity contribution < 1.29 is 14.0 Å². The van der Waals surface area contributed by atoms with Crippen molar-refractivity contribution in [2.75, 3.05) is 31.5 Å². The van der Waals surface area contributed by atoms with Gasteiger partial charge in [-0.05, 0) is 56.0 Å². The van der Waals surface area contributed by atoms with Crippen LogP contribution in [0.5, 0.6) is 0 Å². The maximum absolute atomic E-state index is 14.3. The molecule has 7 heteroatoms. The number of nitrogens with zero attached hydrogens (tertiary/aromatic N) is 1. The Hall–Kier alpha value is -1.66. The fourth-order valence-electron chi connectivity index (χ4n) is 3.68. The van der Waals surface area contributed by atoms with Crippen molar-refractivity contribution in [2.45, 2.75) is 33.6 Å². The lowest BCUT2D eigenvalue weighted by Crippen LogP contribution is -2.33. The van der Waals surface area contributed by atoms with Gasteiger partial charge in [0.2, 0.25) is 5.91 Å². The third-order valence-electron chi connectivity index (χ3n) is 5.44. The fourth-order valence-corrected chi connectivity index (χ4v) is 3.68. The first-order chi connectivity index (χ1) is 12.3. The van der Waals surface area contributed by atoms with E-state index in [1.54, 1.807) is 25.7 Å². The molecule has 150 valence electrons. The molecule has 5 nitrogen and oxygen atoms in total. The van der Waals surface area contributed by atoms with Gasteiger partial charge in [-0.3, -0.25) is 9.59 Å². The van der Waals surface area contributed by atoms with Crippen LogP contribution in [0.4, 0.5) is 10.1 Å².